The molecule has 0 saturated carbocycles. The van der Waals surface area contributed by atoms with Crippen molar-refractivity contribution in [3.05, 3.63) is 41.3 Å². The van der Waals surface area contributed by atoms with E-state index in [9.17, 15) is 21.6 Å². The lowest BCUT2D eigenvalue weighted by Gasteiger charge is -2.26. The van der Waals surface area contributed by atoms with Crippen LogP contribution >= 0.6 is 11.3 Å². The monoisotopic (exact) mass is 457 g/mol. The lowest BCUT2D eigenvalue weighted by atomic mass is 10.2. The Balaban J connectivity index is 1.78. The summed E-state index contributed by atoms with van der Waals surface area (Å²) in [6, 6.07) is 8.93. The van der Waals surface area contributed by atoms with Crippen LogP contribution in [0.4, 0.5) is 5.69 Å². The van der Waals surface area contributed by atoms with Gasteiger partial charge in [-0.15, -0.1) is 11.3 Å². The van der Waals surface area contributed by atoms with E-state index in [1.807, 2.05) is 0 Å². The van der Waals surface area contributed by atoms with Gasteiger partial charge in [0.15, 0.2) is 0 Å². The van der Waals surface area contributed by atoms with Crippen LogP contribution in [0.5, 0.6) is 0 Å². The van der Waals surface area contributed by atoms with Crippen LogP contribution in [0.1, 0.15) is 31.1 Å². The van der Waals surface area contributed by atoms with Gasteiger partial charge in [-0.1, -0.05) is 12.5 Å². The van der Waals surface area contributed by atoms with Gasteiger partial charge in [0.25, 0.3) is 10.0 Å². The Labute approximate surface area is 175 Å². The molecule has 2 N–H and O–H groups in total. The fourth-order valence-electron chi connectivity index (χ4n) is 2.99. The Bertz CT molecular complexity index is 1090. The first-order valence-corrected chi connectivity index (χ1v) is 12.9. The topological polar surface area (TPSA) is 113 Å². The SMILES string of the molecule is CC(=O)NCc1ccc(S(=O)(=O)Nc2cccc(S(=O)(=O)N3CCCCC3)c2)s1. The number of piperidine rings is 1. The number of rotatable bonds is 7. The minimum absolute atomic E-state index is 0.0668. The Hall–Kier alpha value is -1.95. The van der Waals surface area contributed by atoms with Crippen LogP contribution < -0.4 is 10.0 Å². The molecular formula is C18H23N3O5S3. The fraction of sp³-hybridized carbons (Fsp3) is 0.389. The van der Waals surface area contributed by atoms with E-state index >= 15 is 0 Å². The predicted molar refractivity (Wildman–Crippen MR) is 112 cm³/mol. The summed E-state index contributed by atoms with van der Waals surface area (Å²) in [7, 11) is -7.53. The van der Waals surface area contributed by atoms with E-state index in [0.29, 0.717) is 18.0 Å². The number of carbonyl (C=O) groups excluding carboxylic acids is 1. The lowest BCUT2D eigenvalue weighted by Crippen LogP contribution is -2.35. The number of anilines is 1. The summed E-state index contributed by atoms with van der Waals surface area (Å²) in [5.41, 5.74) is 0.180. The van der Waals surface area contributed by atoms with Crippen molar-refractivity contribution in [3.63, 3.8) is 0 Å². The van der Waals surface area contributed by atoms with Gasteiger partial charge in [-0.2, -0.15) is 4.31 Å². The second-order valence-corrected chi connectivity index (χ2v) is 11.7. The molecule has 2 aromatic rings. The number of thiophene rings is 1. The molecule has 1 aliphatic heterocycles. The maximum atomic E-state index is 12.8. The van der Waals surface area contributed by atoms with Crippen LogP contribution in [0.3, 0.4) is 0 Å². The minimum atomic E-state index is -3.87. The maximum Gasteiger partial charge on any atom is 0.271 e. The number of amides is 1. The minimum Gasteiger partial charge on any atom is -0.351 e. The third-order valence-corrected chi connectivity index (χ3v) is 9.31. The highest BCUT2D eigenvalue weighted by atomic mass is 32.2. The van der Waals surface area contributed by atoms with E-state index in [1.165, 1.54) is 41.6 Å². The molecule has 1 saturated heterocycles. The second kappa shape index (κ2) is 8.82. The van der Waals surface area contributed by atoms with Crippen LogP contribution in [-0.4, -0.2) is 40.1 Å². The number of hydrogen-bond acceptors (Lipinski definition) is 6. The summed E-state index contributed by atoms with van der Waals surface area (Å²) >= 11 is 1.04. The molecule has 0 unspecified atom stereocenters. The molecule has 1 aromatic carbocycles. The largest absolute Gasteiger partial charge is 0.351 e. The Morgan fingerprint density at radius 1 is 1.07 bits per heavy atom. The quantitative estimate of drug-likeness (QED) is 0.663. The van der Waals surface area contributed by atoms with Gasteiger partial charge in [0.1, 0.15) is 4.21 Å². The van der Waals surface area contributed by atoms with Gasteiger partial charge in [-0.3, -0.25) is 9.52 Å². The van der Waals surface area contributed by atoms with Crippen molar-refractivity contribution < 1.29 is 21.6 Å². The molecule has 0 spiro atoms. The number of nitrogens with zero attached hydrogens (tertiary/aromatic N) is 1. The standard InChI is InChI=1S/C18H23N3O5S3/c1-14(22)19-13-16-8-9-18(27-16)28(23,24)20-15-6-5-7-17(12-15)29(25,26)21-10-3-2-4-11-21/h5-9,12,20H,2-4,10-11,13H2,1H3,(H,19,22). The molecule has 0 aliphatic carbocycles. The zero-order valence-corrected chi connectivity index (χ0v) is 18.4. The van der Waals surface area contributed by atoms with Crippen molar-refractivity contribution in [1.29, 1.82) is 0 Å². The summed E-state index contributed by atoms with van der Waals surface area (Å²) in [4.78, 5) is 11.8. The Morgan fingerprint density at radius 3 is 2.48 bits per heavy atom. The van der Waals surface area contributed by atoms with E-state index < -0.39 is 20.0 Å². The first-order chi connectivity index (χ1) is 13.7. The molecule has 158 valence electrons. The molecule has 3 rings (SSSR count). The van der Waals surface area contributed by atoms with E-state index in [2.05, 4.69) is 10.0 Å². The number of sulfonamides is 2. The fourth-order valence-corrected chi connectivity index (χ4v) is 6.90. The van der Waals surface area contributed by atoms with Crippen LogP contribution in [0.25, 0.3) is 0 Å². The number of benzene rings is 1. The molecule has 11 heteroatoms. The molecule has 29 heavy (non-hydrogen) atoms. The van der Waals surface area contributed by atoms with Gasteiger partial charge < -0.3 is 5.32 Å². The van der Waals surface area contributed by atoms with Crippen molar-refractivity contribution in [2.45, 2.75) is 41.8 Å². The Morgan fingerprint density at radius 2 is 1.79 bits per heavy atom. The zero-order chi connectivity index (χ0) is 21.1. The van der Waals surface area contributed by atoms with Gasteiger partial charge in [0.2, 0.25) is 15.9 Å². The van der Waals surface area contributed by atoms with Gasteiger partial charge >= 0.3 is 0 Å². The smallest absolute Gasteiger partial charge is 0.271 e. The van der Waals surface area contributed by atoms with E-state index in [0.717, 1.165) is 30.6 Å². The summed E-state index contributed by atoms with van der Waals surface area (Å²) in [6.07, 6.45) is 2.66. The molecule has 8 nitrogen and oxygen atoms in total. The van der Waals surface area contributed by atoms with E-state index in [-0.39, 0.29) is 27.2 Å². The summed E-state index contributed by atoms with van der Waals surface area (Å²) in [5, 5.41) is 2.62. The highest BCUT2D eigenvalue weighted by Gasteiger charge is 2.26. The first kappa shape index (κ1) is 21.8. The lowest BCUT2D eigenvalue weighted by molar-refractivity contribution is -0.119. The molecule has 1 aromatic heterocycles. The highest BCUT2D eigenvalue weighted by Crippen LogP contribution is 2.27. The number of hydrogen-bond donors (Lipinski definition) is 2. The van der Waals surface area contributed by atoms with Crippen LogP contribution in [0.2, 0.25) is 0 Å². The van der Waals surface area contributed by atoms with Gasteiger partial charge in [-0.05, 0) is 43.2 Å². The predicted octanol–water partition coefficient (Wildman–Crippen LogP) is 2.36. The third-order valence-electron chi connectivity index (χ3n) is 4.45. The molecule has 1 aliphatic rings. The second-order valence-electron chi connectivity index (χ2n) is 6.73. The van der Waals surface area contributed by atoms with Gasteiger partial charge in [0.05, 0.1) is 17.1 Å². The summed E-state index contributed by atoms with van der Waals surface area (Å²) < 4.78 is 54.9. The summed E-state index contributed by atoms with van der Waals surface area (Å²) in [6.45, 7) is 2.59. The van der Waals surface area contributed by atoms with Gasteiger partial charge in [0, 0.05) is 24.9 Å². The zero-order valence-electron chi connectivity index (χ0n) is 15.9. The number of carbonyl (C=O) groups is 1. The third kappa shape index (κ3) is 5.35. The Kier molecular flexibility index (Phi) is 6.62. The van der Waals surface area contributed by atoms with Crippen molar-refractivity contribution >= 4 is 43.0 Å². The first-order valence-electron chi connectivity index (χ1n) is 9.15. The van der Waals surface area contributed by atoms with Crippen LogP contribution in [0, 0.1) is 0 Å². The van der Waals surface area contributed by atoms with Crippen molar-refractivity contribution in [2.75, 3.05) is 17.8 Å². The molecular weight excluding hydrogens is 434 g/mol. The molecule has 0 atom stereocenters. The molecule has 1 fully saturated rings. The van der Waals surface area contributed by atoms with Crippen LogP contribution in [0.15, 0.2) is 45.5 Å². The molecule has 1 amide bonds. The van der Waals surface area contributed by atoms with Crippen molar-refractivity contribution in [3.8, 4) is 0 Å². The maximum absolute atomic E-state index is 12.8. The van der Waals surface area contributed by atoms with Gasteiger partial charge in [-0.25, -0.2) is 16.8 Å². The average Bonchev–Trinajstić information content (AvgIpc) is 3.17. The van der Waals surface area contributed by atoms with Crippen molar-refractivity contribution in [2.24, 2.45) is 0 Å². The van der Waals surface area contributed by atoms with Crippen LogP contribution in [-0.2, 0) is 31.4 Å². The molecule has 0 bridgehead atoms. The normalized spacial score (nSPS) is 15.8. The van der Waals surface area contributed by atoms with Crippen molar-refractivity contribution in [1.82, 2.24) is 9.62 Å². The highest BCUT2D eigenvalue weighted by molar-refractivity contribution is 7.94. The number of nitrogens with one attached hydrogen (secondary N) is 2. The van der Waals surface area contributed by atoms with E-state index in [1.54, 1.807) is 6.07 Å². The molecule has 2 heterocycles. The summed E-state index contributed by atoms with van der Waals surface area (Å²) in [5.74, 6) is -0.201. The van der Waals surface area contributed by atoms with E-state index in [4.69, 9.17) is 0 Å². The average molecular weight is 458 g/mol. The molecule has 0 radical (unpaired) electrons.